The first-order valence-electron chi connectivity index (χ1n) is 9.17. The number of halogens is 2. The molecule has 2 heterocycles. The van der Waals surface area contributed by atoms with Crippen molar-refractivity contribution < 1.29 is 4.79 Å². The van der Waals surface area contributed by atoms with Gasteiger partial charge in [-0.1, -0.05) is 35.3 Å². The van der Waals surface area contributed by atoms with E-state index in [0.29, 0.717) is 16.1 Å². The molecule has 0 spiro atoms. The van der Waals surface area contributed by atoms with E-state index in [-0.39, 0.29) is 11.8 Å². The lowest BCUT2D eigenvalue weighted by Crippen LogP contribution is -2.47. The van der Waals surface area contributed by atoms with Gasteiger partial charge in [0.2, 0.25) is 5.91 Å². The Morgan fingerprint density at radius 3 is 2.48 bits per heavy atom. The molecule has 1 N–H and O–H groups in total. The average Bonchev–Trinajstić information content (AvgIpc) is 2.61. The average molecular weight is 384 g/mol. The SMILES string of the molecule is CN1CCC(NC(=O)C2CCN(Cc3cccc(Cl)c3Cl)CC2)CC1. The maximum atomic E-state index is 12.5. The standard InChI is InChI=1S/C19H27Cl2N3O/c1-23-9-7-16(8-10-23)22-19(25)14-5-11-24(12-6-14)13-15-3-2-4-17(20)18(15)21/h2-4,14,16H,5-13H2,1H3,(H,22,25). The number of rotatable bonds is 4. The maximum absolute atomic E-state index is 12.5. The normalized spacial score (nSPS) is 21.4. The molecule has 2 saturated heterocycles. The zero-order valence-electron chi connectivity index (χ0n) is 14.8. The number of hydrogen-bond donors (Lipinski definition) is 1. The summed E-state index contributed by atoms with van der Waals surface area (Å²) in [5.74, 6) is 0.390. The van der Waals surface area contributed by atoms with Gasteiger partial charge >= 0.3 is 0 Å². The fraction of sp³-hybridized carbons (Fsp3) is 0.632. The number of nitrogens with zero attached hydrogens (tertiary/aromatic N) is 2. The smallest absolute Gasteiger partial charge is 0.223 e. The van der Waals surface area contributed by atoms with E-state index in [1.165, 1.54) is 0 Å². The summed E-state index contributed by atoms with van der Waals surface area (Å²) in [5, 5.41) is 4.52. The summed E-state index contributed by atoms with van der Waals surface area (Å²) < 4.78 is 0. The molecule has 2 aliphatic rings. The minimum absolute atomic E-state index is 0.144. The Morgan fingerprint density at radius 1 is 1.12 bits per heavy atom. The zero-order chi connectivity index (χ0) is 17.8. The Balaban J connectivity index is 1.45. The maximum Gasteiger partial charge on any atom is 0.223 e. The summed E-state index contributed by atoms with van der Waals surface area (Å²) in [6.45, 7) is 4.79. The molecule has 4 nitrogen and oxygen atoms in total. The Morgan fingerprint density at radius 2 is 1.80 bits per heavy atom. The van der Waals surface area contributed by atoms with E-state index in [1.807, 2.05) is 18.2 Å². The largest absolute Gasteiger partial charge is 0.353 e. The monoisotopic (exact) mass is 383 g/mol. The van der Waals surface area contributed by atoms with Crippen LogP contribution in [0.2, 0.25) is 10.0 Å². The third kappa shape index (κ3) is 5.10. The summed E-state index contributed by atoms with van der Waals surface area (Å²) >= 11 is 12.4. The molecule has 0 saturated carbocycles. The quantitative estimate of drug-likeness (QED) is 0.864. The molecule has 6 heteroatoms. The molecule has 138 valence electrons. The summed E-state index contributed by atoms with van der Waals surface area (Å²) in [6, 6.07) is 6.12. The van der Waals surface area contributed by atoms with Crippen LogP contribution >= 0.6 is 23.2 Å². The molecule has 0 aromatic heterocycles. The predicted octanol–water partition coefficient (Wildman–Crippen LogP) is 3.42. The fourth-order valence-corrected chi connectivity index (χ4v) is 4.12. The van der Waals surface area contributed by atoms with Crippen LogP contribution in [0.1, 0.15) is 31.2 Å². The van der Waals surface area contributed by atoms with Gasteiger partial charge in [-0.15, -0.1) is 0 Å². The van der Waals surface area contributed by atoms with E-state index in [1.54, 1.807) is 0 Å². The molecule has 2 aliphatic heterocycles. The second kappa shape index (κ2) is 8.72. The third-order valence-electron chi connectivity index (χ3n) is 5.45. The molecule has 25 heavy (non-hydrogen) atoms. The van der Waals surface area contributed by atoms with Gasteiger partial charge in [0, 0.05) is 18.5 Å². The highest BCUT2D eigenvalue weighted by molar-refractivity contribution is 6.42. The van der Waals surface area contributed by atoms with E-state index in [2.05, 4.69) is 22.2 Å². The van der Waals surface area contributed by atoms with Gasteiger partial charge in [0.25, 0.3) is 0 Å². The van der Waals surface area contributed by atoms with Crippen molar-refractivity contribution in [2.24, 2.45) is 5.92 Å². The number of nitrogens with one attached hydrogen (secondary N) is 1. The van der Waals surface area contributed by atoms with Crippen molar-refractivity contribution in [2.75, 3.05) is 33.2 Å². The van der Waals surface area contributed by atoms with E-state index >= 15 is 0 Å². The number of carbonyl (C=O) groups excluding carboxylic acids is 1. The first kappa shape index (κ1) is 19.0. The Kier molecular flexibility index (Phi) is 6.61. The van der Waals surface area contributed by atoms with Crippen LogP contribution in [0.4, 0.5) is 0 Å². The summed E-state index contributed by atoms with van der Waals surface area (Å²) in [7, 11) is 2.14. The van der Waals surface area contributed by atoms with Crippen LogP contribution in [0.25, 0.3) is 0 Å². The first-order chi connectivity index (χ1) is 12.0. The van der Waals surface area contributed by atoms with E-state index < -0.39 is 0 Å². The van der Waals surface area contributed by atoms with Crippen molar-refractivity contribution in [1.82, 2.24) is 15.1 Å². The number of hydrogen-bond acceptors (Lipinski definition) is 3. The highest BCUT2D eigenvalue weighted by atomic mass is 35.5. The summed E-state index contributed by atoms with van der Waals surface area (Å²) in [6.07, 6.45) is 3.95. The van der Waals surface area contributed by atoms with Gasteiger partial charge in [-0.2, -0.15) is 0 Å². The van der Waals surface area contributed by atoms with Crippen molar-refractivity contribution in [2.45, 2.75) is 38.3 Å². The lowest BCUT2D eigenvalue weighted by molar-refractivity contribution is -0.127. The summed E-state index contributed by atoms with van der Waals surface area (Å²) in [4.78, 5) is 17.2. The van der Waals surface area contributed by atoms with Crippen LogP contribution in [-0.2, 0) is 11.3 Å². The second-order valence-electron chi connectivity index (χ2n) is 7.35. The van der Waals surface area contributed by atoms with Crippen molar-refractivity contribution in [3.63, 3.8) is 0 Å². The third-order valence-corrected chi connectivity index (χ3v) is 6.31. The lowest BCUT2D eigenvalue weighted by Gasteiger charge is -2.34. The van der Waals surface area contributed by atoms with Crippen LogP contribution < -0.4 is 5.32 Å². The van der Waals surface area contributed by atoms with Crippen molar-refractivity contribution in [3.8, 4) is 0 Å². The molecule has 1 aromatic carbocycles. The van der Waals surface area contributed by atoms with Gasteiger partial charge in [0.15, 0.2) is 0 Å². The van der Waals surface area contributed by atoms with Crippen LogP contribution in [0.3, 0.4) is 0 Å². The predicted molar refractivity (Wildman–Crippen MR) is 103 cm³/mol. The molecule has 2 fully saturated rings. The number of benzene rings is 1. The second-order valence-corrected chi connectivity index (χ2v) is 8.13. The van der Waals surface area contributed by atoms with Crippen molar-refractivity contribution >= 4 is 29.1 Å². The molecule has 0 radical (unpaired) electrons. The van der Waals surface area contributed by atoms with Crippen LogP contribution in [-0.4, -0.2) is 55.0 Å². The topological polar surface area (TPSA) is 35.6 Å². The van der Waals surface area contributed by atoms with Gasteiger partial charge in [0.1, 0.15) is 0 Å². The van der Waals surface area contributed by atoms with Gasteiger partial charge in [-0.05, 0) is 70.5 Å². The Labute approximate surface area is 160 Å². The number of amides is 1. The highest BCUT2D eigenvalue weighted by Crippen LogP contribution is 2.28. The molecule has 0 unspecified atom stereocenters. The van der Waals surface area contributed by atoms with E-state index in [9.17, 15) is 4.79 Å². The first-order valence-corrected chi connectivity index (χ1v) is 9.92. The van der Waals surface area contributed by atoms with Crippen LogP contribution in [0, 0.1) is 5.92 Å². The molecule has 0 bridgehead atoms. The van der Waals surface area contributed by atoms with Crippen LogP contribution in [0.5, 0.6) is 0 Å². The van der Waals surface area contributed by atoms with Gasteiger partial charge in [-0.25, -0.2) is 0 Å². The van der Waals surface area contributed by atoms with Gasteiger partial charge in [0.05, 0.1) is 10.0 Å². The molecule has 0 aliphatic carbocycles. The molecule has 3 rings (SSSR count). The van der Waals surface area contributed by atoms with Crippen LogP contribution in [0.15, 0.2) is 18.2 Å². The summed E-state index contributed by atoms with van der Waals surface area (Å²) in [5.41, 5.74) is 1.06. The zero-order valence-corrected chi connectivity index (χ0v) is 16.3. The lowest BCUT2D eigenvalue weighted by atomic mass is 9.94. The molecule has 1 amide bonds. The van der Waals surface area contributed by atoms with E-state index in [4.69, 9.17) is 23.2 Å². The van der Waals surface area contributed by atoms with Gasteiger partial charge in [-0.3, -0.25) is 9.69 Å². The number of carbonyl (C=O) groups is 1. The van der Waals surface area contributed by atoms with Crippen molar-refractivity contribution in [1.29, 1.82) is 0 Å². The molecular weight excluding hydrogens is 357 g/mol. The molecule has 1 aromatic rings. The highest BCUT2D eigenvalue weighted by Gasteiger charge is 2.27. The van der Waals surface area contributed by atoms with Gasteiger partial charge < -0.3 is 10.2 Å². The number of piperidine rings is 2. The molecule has 0 atom stereocenters. The number of likely N-dealkylation sites (tertiary alicyclic amines) is 2. The Bertz CT molecular complexity index is 594. The minimum atomic E-state index is 0.144. The Hall–Kier alpha value is -0.810. The van der Waals surface area contributed by atoms with E-state index in [0.717, 1.165) is 64.0 Å². The molecular formula is C19H27Cl2N3O. The fourth-order valence-electron chi connectivity index (χ4n) is 3.74. The minimum Gasteiger partial charge on any atom is -0.353 e. The van der Waals surface area contributed by atoms with Crippen molar-refractivity contribution in [3.05, 3.63) is 33.8 Å².